The third-order valence-electron chi connectivity index (χ3n) is 5.03. The van der Waals surface area contributed by atoms with Gasteiger partial charge >= 0.3 is 0 Å². The van der Waals surface area contributed by atoms with Crippen LogP contribution in [0.5, 0.6) is 0 Å². The first-order valence-electron chi connectivity index (χ1n) is 8.78. The van der Waals surface area contributed by atoms with Crippen molar-refractivity contribution in [2.75, 3.05) is 36.4 Å². The molecule has 8 heteroatoms. The lowest BCUT2D eigenvalue weighted by Crippen LogP contribution is -2.53. The van der Waals surface area contributed by atoms with Crippen molar-refractivity contribution >= 4 is 33.3 Å². The van der Waals surface area contributed by atoms with Crippen molar-refractivity contribution in [3.63, 3.8) is 0 Å². The summed E-state index contributed by atoms with van der Waals surface area (Å²) in [7, 11) is 1.89. The Morgan fingerprint density at radius 2 is 1.92 bits per heavy atom. The third kappa shape index (κ3) is 3.91. The van der Waals surface area contributed by atoms with Gasteiger partial charge < -0.3 is 10.2 Å². The Morgan fingerprint density at radius 3 is 2.46 bits per heavy atom. The SMILES string of the molecule is Cc1nn(C)c(C)c1NC(=O)C(C)N1CCN(c2ccc(Br)cn2)CC1. The molecular weight excluding hydrogens is 396 g/mol. The van der Waals surface area contributed by atoms with Crippen molar-refractivity contribution in [3.8, 4) is 0 Å². The summed E-state index contributed by atoms with van der Waals surface area (Å²) in [4.78, 5) is 21.6. The van der Waals surface area contributed by atoms with Gasteiger partial charge in [-0.15, -0.1) is 0 Å². The second-order valence-corrected chi connectivity index (χ2v) is 7.61. The summed E-state index contributed by atoms with van der Waals surface area (Å²) in [5.41, 5.74) is 2.63. The molecule has 26 heavy (non-hydrogen) atoms. The summed E-state index contributed by atoms with van der Waals surface area (Å²) >= 11 is 3.41. The number of piperazine rings is 1. The second-order valence-electron chi connectivity index (χ2n) is 6.69. The van der Waals surface area contributed by atoms with E-state index in [1.54, 1.807) is 4.68 Å². The Morgan fingerprint density at radius 1 is 1.23 bits per heavy atom. The zero-order chi connectivity index (χ0) is 18.8. The summed E-state index contributed by atoms with van der Waals surface area (Å²) in [6.45, 7) is 9.22. The molecule has 2 aromatic heterocycles. The Kier molecular flexibility index (Phi) is 5.62. The first-order chi connectivity index (χ1) is 12.4. The second kappa shape index (κ2) is 7.75. The quantitative estimate of drug-likeness (QED) is 0.821. The van der Waals surface area contributed by atoms with Crippen LogP contribution in [0, 0.1) is 13.8 Å². The lowest BCUT2D eigenvalue weighted by atomic mass is 10.2. The molecule has 1 unspecified atom stereocenters. The first-order valence-corrected chi connectivity index (χ1v) is 9.57. The van der Waals surface area contributed by atoms with Gasteiger partial charge in [0.25, 0.3) is 0 Å². The van der Waals surface area contributed by atoms with E-state index in [1.165, 1.54) is 0 Å². The highest BCUT2D eigenvalue weighted by molar-refractivity contribution is 9.10. The molecule has 1 saturated heterocycles. The van der Waals surface area contributed by atoms with Gasteiger partial charge in [0.15, 0.2) is 0 Å². The predicted molar refractivity (Wildman–Crippen MR) is 106 cm³/mol. The Hall–Kier alpha value is -1.93. The highest BCUT2D eigenvalue weighted by Crippen LogP contribution is 2.20. The van der Waals surface area contributed by atoms with Crippen LogP contribution >= 0.6 is 15.9 Å². The first kappa shape index (κ1) is 18.8. The van der Waals surface area contributed by atoms with Crippen LogP contribution in [-0.2, 0) is 11.8 Å². The number of hydrogen-bond donors (Lipinski definition) is 1. The smallest absolute Gasteiger partial charge is 0.241 e. The summed E-state index contributed by atoms with van der Waals surface area (Å²) in [6.07, 6.45) is 1.82. The van der Waals surface area contributed by atoms with E-state index in [0.29, 0.717) is 0 Å². The molecule has 1 amide bonds. The molecule has 0 radical (unpaired) electrons. The van der Waals surface area contributed by atoms with Crippen LogP contribution in [0.3, 0.4) is 0 Å². The van der Waals surface area contributed by atoms with Crippen LogP contribution in [0.1, 0.15) is 18.3 Å². The predicted octanol–water partition coefficient (Wildman–Crippen LogP) is 2.34. The highest BCUT2D eigenvalue weighted by Gasteiger charge is 2.27. The summed E-state index contributed by atoms with van der Waals surface area (Å²) in [6, 6.07) is 3.83. The van der Waals surface area contributed by atoms with Crippen LogP contribution < -0.4 is 10.2 Å². The van der Waals surface area contributed by atoms with E-state index in [4.69, 9.17) is 0 Å². The number of carbonyl (C=O) groups is 1. The molecule has 140 valence electrons. The zero-order valence-corrected chi connectivity index (χ0v) is 17.2. The number of nitrogens with zero attached hydrogens (tertiary/aromatic N) is 5. The molecule has 0 aliphatic carbocycles. The molecule has 1 aliphatic rings. The van der Waals surface area contributed by atoms with Crippen molar-refractivity contribution < 1.29 is 4.79 Å². The van der Waals surface area contributed by atoms with Crippen LogP contribution in [0.15, 0.2) is 22.8 Å². The van der Waals surface area contributed by atoms with E-state index in [-0.39, 0.29) is 11.9 Å². The number of hydrogen-bond acceptors (Lipinski definition) is 5. The van der Waals surface area contributed by atoms with E-state index < -0.39 is 0 Å². The maximum Gasteiger partial charge on any atom is 0.241 e. The summed E-state index contributed by atoms with van der Waals surface area (Å²) < 4.78 is 2.77. The molecule has 1 N–H and O–H groups in total. The van der Waals surface area contributed by atoms with Crippen molar-refractivity contribution in [1.29, 1.82) is 0 Å². The molecule has 1 fully saturated rings. The summed E-state index contributed by atoms with van der Waals surface area (Å²) in [5.74, 6) is 0.992. The number of anilines is 2. The van der Waals surface area contributed by atoms with E-state index in [0.717, 1.165) is 53.5 Å². The third-order valence-corrected chi connectivity index (χ3v) is 5.50. The fourth-order valence-corrected chi connectivity index (χ4v) is 3.48. The van der Waals surface area contributed by atoms with Crippen molar-refractivity contribution in [2.24, 2.45) is 7.05 Å². The molecular formula is C18H25BrN6O. The van der Waals surface area contributed by atoms with E-state index in [9.17, 15) is 4.79 Å². The fraction of sp³-hybridized carbons (Fsp3) is 0.500. The molecule has 3 heterocycles. The van der Waals surface area contributed by atoms with Crippen LogP contribution in [0.4, 0.5) is 11.5 Å². The monoisotopic (exact) mass is 420 g/mol. The van der Waals surface area contributed by atoms with E-state index in [2.05, 4.69) is 41.1 Å². The number of amides is 1. The molecule has 1 atom stereocenters. The van der Waals surface area contributed by atoms with Crippen LogP contribution in [0.25, 0.3) is 0 Å². The van der Waals surface area contributed by atoms with Gasteiger partial charge in [-0.3, -0.25) is 14.4 Å². The number of halogens is 1. The van der Waals surface area contributed by atoms with Crippen molar-refractivity contribution in [3.05, 3.63) is 34.2 Å². The largest absolute Gasteiger partial charge is 0.354 e. The Balaban J connectivity index is 1.58. The van der Waals surface area contributed by atoms with Gasteiger partial charge in [0, 0.05) is 43.9 Å². The number of carbonyl (C=O) groups excluding carboxylic acids is 1. The van der Waals surface area contributed by atoms with Crippen molar-refractivity contribution in [2.45, 2.75) is 26.8 Å². The van der Waals surface area contributed by atoms with E-state index in [1.807, 2.05) is 46.1 Å². The minimum Gasteiger partial charge on any atom is -0.354 e. The lowest BCUT2D eigenvalue weighted by molar-refractivity contribution is -0.120. The number of pyridine rings is 1. The molecule has 7 nitrogen and oxygen atoms in total. The average Bonchev–Trinajstić information content (AvgIpc) is 2.88. The molecule has 0 bridgehead atoms. The zero-order valence-electron chi connectivity index (χ0n) is 15.7. The Bertz CT molecular complexity index is 780. The maximum absolute atomic E-state index is 12.7. The number of rotatable bonds is 4. The molecule has 0 aromatic carbocycles. The molecule has 1 aliphatic heterocycles. The fourth-order valence-electron chi connectivity index (χ4n) is 3.24. The van der Waals surface area contributed by atoms with E-state index >= 15 is 0 Å². The number of aryl methyl sites for hydroxylation is 2. The van der Waals surface area contributed by atoms with Gasteiger partial charge in [-0.05, 0) is 48.8 Å². The maximum atomic E-state index is 12.7. The highest BCUT2D eigenvalue weighted by atomic mass is 79.9. The summed E-state index contributed by atoms with van der Waals surface area (Å²) in [5, 5.41) is 7.41. The van der Waals surface area contributed by atoms with Gasteiger partial charge in [0.2, 0.25) is 5.91 Å². The van der Waals surface area contributed by atoms with Gasteiger partial charge in [0.1, 0.15) is 5.82 Å². The van der Waals surface area contributed by atoms with Gasteiger partial charge in [-0.2, -0.15) is 5.10 Å². The van der Waals surface area contributed by atoms with Crippen molar-refractivity contribution in [1.82, 2.24) is 19.7 Å². The van der Waals surface area contributed by atoms with Gasteiger partial charge in [-0.25, -0.2) is 4.98 Å². The number of aromatic nitrogens is 3. The molecule has 2 aromatic rings. The normalized spacial score (nSPS) is 16.6. The molecule has 0 saturated carbocycles. The van der Waals surface area contributed by atoms with Crippen LogP contribution in [-0.4, -0.2) is 57.8 Å². The minimum atomic E-state index is -0.186. The topological polar surface area (TPSA) is 66.3 Å². The molecule has 3 rings (SSSR count). The Labute approximate surface area is 162 Å². The van der Waals surface area contributed by atoms with Gasteiger partial charge in [-0.1, -0.05) is 0 Å². The standard InChI is InChI=1S/C18H25BrN6O/c1-12-17(13(2)23(4)22-12)21-18(26)14(3)24-7-9-25(10-8-24)16-6-5-15(19)11-20-16/h5-6,11,14H,7-10H2,1-4H3,(H,21,26). The lowest BCUT2D eigenvalue weighted by Gasteiger charge is -2.38. The minimum absolute atomic E-state index is 0.0133. The average molecular weight is 421 g/mol. The number of nitrogens with one attached hydrogen (secondary N) is 1. The van der Waals surface area contributed by atoms with Gasteiger partial charge in [0.05, 0.1) is 23.1 Å². The molecule has 0 spiro atoms. The van der Waals surface area contributed by atoms with Crippen LogP contribution in [0.2, 0.25) is 0 Å².